The van der Waals surface area contributed by atoms with E-state index < -0.39 is 0 Å². The second-order valence-electron chi connectivity index (χ2n) is 3.76. The van der Waals surface area contributed by atoms with E-state index in [4.69, 9.17) is 0 Å². The molecule has 17 heavy (non-hydrogen) atoms. The zero-order valence-corrected chi connectivity index (χ0v) is 10.0. The number of nitrogens with zero attached hydrogens (tertiary/aromatic N) is 1. The lowest BCUT2D eigenvalue weighted by molar-refractivity contribution is 1.26. The average molecular weight is 237 g/mol. The van der Waals surface area contributed by atoms with Crippen LogP contribution in [0.2, 0.25) is 0 Å². The number of rotatable bonds is 2. The van der Waals surface area contributed by atoms with Crippen molar-refractivity contribution in [3.8, 4) is 0 Å². The second-order valence-corrected chi connectivity index (χ2v) is 4.88. The van der Waals surface area contributed by atoms with Crippen LogP contribution in [-0.2, 0) is 0 Å². The van der Waals surface area contributed by atoms with Crippen LogP contribution in [0.15, 0.2) is 76.8 Å². The van der Waals surface area contributed by atoms with Crippen molar-refractivity contribution in [1.29, 1.82) is 0 Å². The van der Waals surface area contributed by atoms with Gasteiger partial charge >= 0.3 is 0 Å². The zero-order chi connectivity index (χ0) is 11.5. The number of hydrogen-bond donors (Lipinski definition) is 0. The maximum absolute atomic E-state index is 4.04. The molecule has 0 saturated carbocycles. The van der Waals surface area contributed by atoms with Crippen LogP contribution in [0.1, 0.15) is 0 Å². The standard InChI is InChI=1S/C15H11NS/c1-2-6-14-12(4-1)5-3-7-15(14)17-13-8-10-16-11-9-13/h1-11H. The minimum atomic E-state index is 1.22. The highest BCUT2D eigenvalue weighted by Gasteiger charge is 2.01. The Labute approximate surface area is 105 Å². The van der Waals surface area contributed by atoms with Gasteiger partial charge in [0.05, 0.1) is 0 Å². The Bertz CT molecular complexity index is 629. The van der Waals surface area contributed by atoms with Crippen LogP contribution < -0.4 is 0 Å². The van der Waals surface area contributed by atoms with Crippen molar-refractivity contribution in [3.05, 3.63) is 67.0 Å². The van der Waals surface area contributed by atoms with Crippen LogP contribution >= 0.6 is 11.8 Å². The Balaban J connectivity index is 2.06. The molecule has 0 bridgehead atoms. The van der Waals surface area contributed by atoms with E-state index >= 15 is 0 Å². The first-order valence-corrected chi connectivity index (χ1v) is 6.31. The van der Waals surface area contributed by atoms with Crippen molar-refractivity contribution in [3.63, 3.8) is 0 Å². The SMILES string of the molecule is c1ccc2c(Sc3ccncc3)cccc2c1. The smallest absolute Gasteiger partial charge is 0.0279 e. The topological polar surface area (TPSA) is 12.9 Å². The van der Waals surface area contributed by atoms with Crippen molar-refractivity contribution in [2.75, 3.05) is 0 Å². The Morgan fingerprint density at radius 1 is 0.765 bits per heavy atom. The number of benzene rings is 2. The van der Waals surface area contributed by atoms with Gasteiger partial charge in [-0.2, -0.15) is 0 Å². The molecular weight excluding hydrogens is 226 g/mol. The normalized spacial score (nSPS) is 10.6. The molecule has 0 unspecified atom stereocenters. The van der Waals surface area contributed by atoms with Gasteiger partial charge in [0, 0.05) is 22.2 Å². The summed E-state index contributed by atoms with van der Waals surface area (Å²) in [5, 5.41) is 2.59. The molecule has 0 saturated heterocycles. The molecule has 0 aliphatic heterocycles. The van der Waals surface area contributed by atoms with Gasteiger partial charge in [-0.05, 0) is 29.0 Å². The van der Waals surface area contributed by atoms with E-state index in [-0.39, 0.29) is 0 Å². The van der Waals surface area contributed by atoms with E-state index in [1.807, 2.05) is 24.5 Å². The number of aromatic nitrogens is 1. The molecule has 0 radical (unpaired) electrons. The van der Waals surface area contributed by atoms with Crippen LogP contribution in [0.5, 0.6) is 0 Å². The van der Waals surface area contributed by atoms with Gasteiger partial charge in [0.15, 0.2) is 0 Å². The lowest BCUT2D eigenvalue weighted by Crippen LogP contribution is -1.78. The van der Waals surface area contributed by atoms with Gasteiger partial charge in [0.1, 0.15) is 0 Å². The van der Waals surface area contributed by atoms with Gasteiger partial charge in [0.2, 0.25) is 0 Å². The summed E-state index contributed by atoms with van der Waals surface area (Å²) < 4.78 is 0. The van der Waals surface area contributed by atoms with E-state index in [0.29, 0.717) is 0 Å². The fourth-order valence-corrected chi connectivity index (χ4v) is 2.77. The molecule has 2 heteroatoms. The summed E-state index contributed by atoms with van der Waals surface area (Å²) in [7, 11) is 0. The highest BCUT2D eigenvalue weighted by molar-refractivity contribution is 7.99. The Hall–Kier alpha value is -1.80. The lowest BCUT2D eigenvalue weighted by atomic mass is 10.1. The van der Waals surface area contributed by atoms with Gasteiger partial charge in [0.25, 0.3) is 0 Å². The largest absolute Gasteiger partial charge is 0.265 e. The Kier molecular flexibility index (Phi) is 2.80. The molecule has 0 atom stereocenters. The van der Waals surface area contributed by atoms with Gasteiger partial charge in [-0.15, -0.1) is 0 Å². The van der Waals surface area contributed by atoms with E-state index in [9.17, 15) is 0 Å². The highest BCUT2D eigenvalue weighted by Crippen LogP contribution is 2.32. The minimum absolute atomic E-state index is 1.22. The van der Waals surface area contributed by atoms with Crippen molar-refractivity contribution in [2.24, 2.45) is 0 Å². The fourth-order valence-electron chi connectivity index (χ4n) is 1.82. The summed E-state index contributed by atoms with van der Waals surface area (Å²) in [5.74, 6) is 0. The quantitative estimate of drug-likeness (QED) is 0.655. The lowest BCUT2D eigenvalue weighted by Gasteiger charge is -2.05. The molecule has 1 heterocycles. The van der Waals surface area contributed by atoms with E-state index in [2.05, 4.69) is 47.4 Å². The zero-order valence-electron chi connectivity index (χ0n) is 9.21. The molecule has 1 nitrogen and oxygen atoms in total. The summed E-state index contributed by atoms with van der Waals surface area (Å²) in [5.41, 5.74) is 0. The first kappa shape index (κ1) is 10.4. The summed E-state index contributed by atoms with van der Waals surface area (Å²) in [6, 6.07) is 18.9. The predicted octanol–water partition coefficient (Wildman–Crippen LogP) is 4.39. The first-order chi connectivity index (χ1) is 8.43. The molecule has 0 fully saturated rings. The molecular formula is C15H11NS. The molecule has 3 aromatic rings. The third-order valence-electron chi connectivity index (χ3n) is 2.63. The Morgan fingerprint density at radius 3 is 2.41 bits per heavy atom. The number of pyridine rings is 1. The number of fused-ring (bicyclic) bond motifs is 1. The van der Waals surface area contributed by atoms with Crippen molar-refractivity contribution < 1.29 is 0 Å². The third-order valence-corrected chi connectivity index (χ3v) is 3.71. The minimum Gasteiger partial charge on any atom is -0.265 e. The van der Waals surface area contributed by atoms with Crippen LogP contribution in [0, 0.1) is 0 Å². The van der Waals surface area contributed by atoms with Crippen molar-refractivity contribution >= 4 is 22.5 Å². The first-order valence-electron chi connectivity index (χ1n) is 5.49. The van der Waals surface area contributed by atoms with Gasteiger partial charge in [-0.1, -0.05) is 48.2 Å². The van der Waals surface area contributed by atoms with Gasteiger partial charge < -0.3 is 0 Å². The average Bonchev–Trinajstić information content (AvgIpc) is 2.40. The molecule has 2 aromatic carbocycles. The highest BCUT2D eigenvalue weighted by atomic mass is 32.2. The van der Waals surface area contributed by atoms with E-state index in [0.717, 1.165) is 0 Å². The molecule has 82 valence electrons. The fraction of sp³-hybridized carbons (Fsp3) is 0. The molecule has 0 aliphatic carbocycles. The molecule has 1 aromatic heterocycles. The van der Waals surface area contributed by atoms with Gasteiger partial charge in [-0.3, -0.25) is 4.98 Å². The van der Waals surface area contributed by atoms with Crippen LogP contribution in [0.4, 0.5) is 0 Å². The van der Waals surface area contributed by atoms with E-state index in [1.165, 1.54) is 20.6 Å². The Morgan fingerprint density at radius 2 is 1.53 bits per heavy atom. The van der Waals surface area contributed by atoms with E-state index in [1.54, 1.807) is 11.8 Å². The van der Waals surface area contributed by atoms with Crippen LogP contribution in [0.25, 0.3) is 10.8 Å². The summed E-state index contributed by atoms with van der Waals surface area (Å²) in [6.07, 6.45) is 3.65. The molecule has 0 spiro atoms. The number of hydrogen-bond acceptors (Lipinski definition) is 2. The van der Waals surface area contributed by atoms with Crippen LogP contribution in [0.3, 0.4) is 0 Å². The summed E-state index contributed by atoms with van der Waals surface area (Å²) in [4.78, 5) is 6.54. The molecule has 0 N–H and O–H groups in total. The summed E-state index contributed by atoms with van der Waals surface area (Å²) in [6.45, 7) is 0. The maximum Gasteiger partial charge on any atom is 0.0279 e. The van der Waals surface area contributed by atoms with Crippen molar-refractivity contribution in [2.45, 2.75) is 9.79 Å². The van der Waals surface area contributed by atoms with Crippen molar-refractivity contribution in [1.82, 2.24) is 4.98 Å². The van der Waals surface area contributed by atoms with Gasteiger partial charge in [-0.25, -0.2) is 0 Å². The maximum atomic E-state index is 4.04. The monoisotopic (exact) mass is 237 g/mol. The molecule has 0 amide bonds. The second kappa shape index (κ2) is 4.60. The molecule has 3 rings (SSSR count). The third kappa shape index (κ3) is 2.17. The molecule has 0 aliphatic rings. The summed E-state index contributed by atoms with van der Waals surface area (Å²) >= 11 is 1.78. The predicted molar refractivity (Wildman–Crippen MR) is 72.3 cm³/mol. The van der Waals surface area contributed by atoms with Crippen LogP contribution in [-0.4, -0.2) is 4.98 Å².